The molecule has 1 aromatic carbocycles. The van der Waals surface area contributed by atoms with Gasteiger partial charge < -0.3 is 15.2 Å². The van der Waals surface area contributed by atoms with Crippen molar-refractivity contribution < 1.29 is 27.8 Å². The number of methoxy groups -OCH3 is 1. The maximum Gasteiger partial charge on any atom is 0.404 e. The molecule has 1 amide bonds. The molecule has 0 aromatic heterocycles. The SMILES string of the molecule is COc1cc(C(F)F)c(F)cc1CCNC(=O)O. The first-order chi connectivity index (χ1) is 8.45. The average molecular weight is 263 g/mol. The monoisotopic (exact) mass is 263 g/mol. The summed E-state index contributed by atoms with van der Waals surface area (Å²) in [6.07, 6.45) is -3.99. The van der Waals surface area contributed by atoms with Gasteiger partial charge in [0.25, 0.3) is 6.43 Å². The van der Waals surface area contributed by atoms with Gasteiger partial charge in [-0.25, -0.2) is 18.0 Å². The third-order valence-electron chi connectivity index (χ3n) is 2.31. The lowest BCUT2D eigenvalue weighted by Crippen LogP contribution is -2.23. The largest absolute Gasteiger partial charge is 0.496 e. The van der Waals surface area contributed by atoms with Crippen LogP contribution in [0.3, 0.4) is 0 Å². The summed E-state index contributed by atoms with van der Waals surface area (Å²) < 4.78 is 43.1. The smallest absolute Gasteiger partial charge is 0.404 e. The number of hydrogen-bond donors (Lipinski definition) is 2. The Labute approximate surface area is 101 Å². The molecule has 0 atom stereocenters. The van der Waals surface area contributed by atoms with Gasteiger partial charge in [-0.3, -0.25) is 0 Å². The van der Waals surface area contributed by atoms with Crippen molar-refractivity contribution in [2.24, 2.45) is 0 Å². The Kier molecular flexibility index (Phi) is 4.82. The molecule has 2 N–H and O–H groups in total. The third-order valence-corrected chi connectivity index (χ3v) is 2.31. The molecule has 0 radical (unpaired) electrons. The molecule has 100 valence electrons. The van der Waals surface area contributed by atoms with Crippen LogP contribution in [0.4, 0.5) is 18.0 Å². The van der Waals surface area contributed by atoms with E-state index >= 15 is 0 Å². The van der Waals surface area contributed by atoms with Crippen LogP contribution >= 0.6 is 0 Å². The Hall–Kier alpha value is -1.92. The Morgan fingerprint density at radius 1 is 1.50 bits per heavy atom. The maximum atomic E-state index is 13.3. The van der Waals surface area contributed by atoms with E-state index in [2.05, 4.69) is 5.32 Å². The van der Waals surface area contributed by atoms with Crippen LogP contribution in [-0.2, 0) is 6.42 Å². The summed E-state index contributed by atoms with van der Waals surface area (Å²) in [4.78, 5) is 10.2. The molecule has 0 aliphatic carbocycles. The Bertz CT molecular complexity index is 438. The number of carboxylic acid groups (broad SMARTS) is 1. The van der Waals surface area contributed by atoms with E-state index in [0.29, 0.717) is 5.56 Å². The van der Waals surface area contributed by atoms with Gasteiger partial charge in [0.1, 0.15) is 11.6 Å². The van der Waals surface area contributed by atoms with E-state index in [1.807, 2.05) is 0 Å². The normalized spacial score (nSPS) is 10.5. The number of carbonyl (C=O) groups is 1. The summed E-state index contributed by atoms with van der Waals surface area (Å²) in [6, 6.07) is 1.86. The van der Waals surface area contributed by atoms with E-state index in [0.717, 1.165) is 12.1 Å². The third kappa shape index (κ3) is 3.54. The highest BCUT2D eigenvalue weighted by Gasteiger charge is 2.17. The lowest BCUT2D eigenvalue weighted by molar-refractivity contribution is 0.146. The fourth-order valence-corrected chi connectivity index (χ4v) is 1.47. The van der Waals surface area contributed by atoms with Crippen LogP contribution in [0.25, 0.3) is 0 Å². The Morgan fingerprint density at radius 3 is 2.67 bits per heavy atom. The highest BCUT2D eigenvalue weighted by atomic mass is 19.3. The van der Waals surface area contributed by atoms with E-state index in [4.69, 9.17) is 9.84 Å². The maximum absolute atomic E-state index is 13.3. The molecule has 0 unspecified atom stereocenters. The van der Waals surface area contributed by atoms with Gasteiger partial charge in [-0.05, 0) is 24.1 Å². The number of rotatable bonds is 5. The van der Waals surface area contributed by atoms with Gasteiger partial charge in [0.05, 0.1) is 12.7 Å². The molecule has 18 heavy (non-hydrogen) atoms. The molecule has 1 aromatic rings. The zero-order valence-corrected chi connectivity index (χ0v) is 9.54. The molecule has 0 aliphatic heterocycles. The zero-order valence-electron chi connectivity index (χ0n) is 9.54. The highest BCUT2D eigenvalue weighted by Crippen LogP contribution is 2.29. The summed E-state index contributed by atoms with van der Waals surface area (Å²) in [5.41, 5.74) is -0.407. The van der Waals surface area contributed by atoms with Gasteiger partial charge in [-0.15, -0.1) is 0 Å². The van der Waals surface area contributed by atoms with Crippen molar-refractivity contribution >= 4 is 6.09 Å². The summed E-state index contributed by atoms with van der Waals surface area (Å²) in [6.45, 7) is 0.0408. The van der Waals surface area contributed by atoms with Crippen molar-refractivity contribution in [1.29, 1.82) is 0 Å². The van der Waals surface area contributed by atoms with Crippen LogP contribution in [0, 0.1) is 5.82 Å². The quantitative estimate of drug-likeness (QED) is 0.858. The Morgan fingerprint density at radius 2 is 2.17 bits per heavy atom. The van der Waals surface area contributed by atoms with Crippen molar-refractivity contribution in [3.8, 4) is 5.75 Å². The van der Waals surface area contributed by atoms with E-state index < -0.39 is 23.9 Å². The van der Waals surface area contributed by atoms with Crippen LogP contribution in [0.1, 0.15) is 17.6 Å². The number of nitrogens with one attached hydrogen (secondary N) is 1. The lowest BCUT2D eigenvalue weighted by Gasteiger charge is -2.11. The van der Waals surface area contributed by atoms with E-state index in [-0.39, 0.29) is 18.7 Å². The molecule has 0 bridgehead atoms. The van der Waals surface area contributed by atoms with E-state index in [9.17, 15) is 18.0 Å². The predicted octanol–water partition coefficient (Wildman–Crippen LogP) is 2.58. The minimum absolute atomic E-state index is 0.0408. The first kappa shape index (κ1) is 14.1. The van der Waals surface area contributed by atoms with Crippen LogP contribution < -0.4 is 10.1 Å². The van der Waals surface area contributed by atoms with Crippen LogP contribution in [0.5, 0.6) is 5.75 Å². The molecule has 0 saturated carbocycles. The first-order valence-corrected chi connectivity index (χ1v) is 5.07. The molecular weight excluding hydrogens is 251 g/mol. The fraction of sp³-hybridized carbons (Fsp3) is 0.364. The van der Waals surface area contributed by atoms with Gasteiger partial charge in [0.15, 0.2) is 0 Å². The molecule has 0 aliphatic rings. The lowest BCUT2D eigenvalue weighted by atomic mass is 10.1. The molecule has 0 spiro atoms. The molecule has 1 rings (SSSR count). The number of amides is 1. The molecule has 7 heteroatoms. The number of ether oxygens (including phenoxy) is 1. The van der Waals surface area contributed by atoms with Crippen LogP contribution in [0.2, 0.25) is 0 Å². The van der Waals surface area contributed by atoms with Gasteiger partial charge in [-0.1, -0.05) is 0 Å². The van der Waals surface area contributed by atoms with Crippen molar-refractivity contribution in [1.82, 2.24) is 5.32 Å². The topological polar surface area (TPSA) is 58.6 Å². The van der Waals surface area contributed by atoms with Gasteiger partial charge >= 0.3 is 6.09 Å². The second kappa shape index (κ2) is 6.13. The molecule has 0 heterocycles. The van der Waals surface area contributed by atoms with Crippen molar-refractivity contribution in [3.05, 3.63) is 29.1 Å². The number of halogens is 3. The summed E-state index contributed by atoms with van der Waals surface area (Å²) in [5, 5.41) is 10.5. The van der Waals surface area contributed by atoms with Crippen LogP contribution in [-0.4, -0.2) is 24.9 Å². The van der Waals surface area contributed by atoms with Crippen molar-refractivity contribution in [2.75, 3.05) is 13.7 Å². The zero-order chi connectivity index (χ0) is 13.7. The average Bonchev–Trinajstić information content (AvgIpc) is 2.28. The molecule has 0 fully saturated rings. The summed E-state index contributed by atoms with van der Waals surface area (Å²) in [5.74, 6) is -0.921. The summed E-state index contributed by atoms with van der Waals surface area (Å²) in [7, 11) is 1.27. The minimum atomic E-state index is -2.93. The van der Waals surface area contributed by atoms with Crippen molar-refractivity contribution in [3.63, 3.8) is 0 Å². The highest BCUT2D eigenvalue weighted by molar-refractivity contribution is 5.64. The number of hydrogen-bond acceptors (Lipinski definition) is 2. The summed E-state index contributed by atoms with van der Waals surface area (Å²) >= 11 is 0. The van der Waals surface area contributed by atoms with Gasteiger partial charge in [0, 0.05) is 6.54 Å². The van der Waals surface area contributed by atoms with Crippen molar-refractivity contribution in [2.45, 2.75) is 12.8 Å². The van der Waals surface area contributed by atoms with Gasteiger partial charge in [0.2, 0.25) is 0 Å². The fourth-order valence-electron chi connectivity index (χ4n) is 1.47. The number of alkyl halides is 2. The van der Waals surface area contributed by atoms with Gasteiger partial charge in [-0.2, -0.15) is 0 Å². The number of benzene rings is 1. The molecular formula is C11H12F3NO3. The minimum Gasteiger partial charge on any atom is -0.496 e. The second-order valence-electron chi connectivity index (χ2n) is 3.47. The first-order valence-electron chi connectivity index (χ1n) is 5.07. The molecule has 4 nitrogen and oxygen atoms in total. The van der Waals surface area contributed by atoms with E-state index in [1.54, 1.807) is 0 Å². The van der Waals surface area contributed by atoms with Crippen LogP contribution in [0.15, 0.2) is 12.1 Å². The van der Waals surface area contributed by atoms with E-state index in [1.165, 1.54) is 7.11 Å². The predicted molar refractivity (Wildman–Crippen MR) is 57.6 cm³/mol. The second-order valence-corrected chi connectivity index (χ2v) is 3.47. The Balaban J connectivity index is 2.90. The molecule has 0 saturated heterocycles. The standard InChI is InChI=1S/C11H12F3NO3/c1-18-9-5-7(10(13)14)8(12)4-6(9)2-3-15-11(16)17/h4-5,10,15H,2-3H2,1H3,(H,16,17).